The SMILES string of the molecule is CCc1ccc(C(NN)C2(OC)CCCC(C)C2)cc1. The molecule has 0 heterocycles. The highest BCUT2D eigenvalue weighted by molar-refractivity contribution is 5.27. The van der Waals surface area contributed by atoms with Gasteiger partial charge in [0.15, 0.2) is 0 Å². The molecule has 1 saturated carbocycles. The third-order valence-corrected chi connectivity index (χ3v) is 4.81. The van der Waals surface area contributed by atoms with Crippen molar-refractivity contribution >= 4 is 0 Å². The molecule has 112 valence electrons. The van der Waals surface area contributed by atoms with Crippen molar-refractivity contribution in [1.29, 1.82) is 0 Å². The van der Waals surface area contributed by atoms with Crippen LogP contribution in [0.5, 0.6) is 0 Å². The van der Waals surface area contributed by atoms with Crippen LogP contribution in [0, 0.1) is 5.92 Å². The molecule has 1 fully saturated rings. The molecule has 3 heteroatoms. The largest absolute Gasteiger partial charge is 0.376 e. The van der Waals surface area contributed by atoms with Gasteiger partial charge in [0.25, 0.3) is 0 Å². The molecular formula is C17H28N2O. The van der Waals surface area contributed by atoms with E-state index < -0.39 is 0 Å². The van der Waals surface area contributed by atoms with Crippen LogP contribution < -0.4 is 11.3 Å². The van der Waals surface area contributed by atoms with Gasteiger partial charge in [-0.05, 0) is 36.3 Å². The van der Waals surface area contributed by atoms with E-state index in [1.54, 1.807) is 0 Å². The minimum absolute atomic E-state index is 0.0566. The second-order valence-corrected chi connectivity index (χ2v) is 6.17. The Morgan fingerprint density at radius 1 is 1.40 bits per heavy atom. The zero-order valence-corrected chi connectivity index (χ0v) is 13.0. The number of hydrogen-bond acceptors (Lipinski definition) is 3. The number of nitrogens with one attached hydrogen (secondary N) is 1. The van der Waals surface area contributed by atoms with E-state index in [1.165, 1.54) is 24.0 Å². The van der Waals surface area contributed by atoms with Gasteiger partial charge in [-0.3, -0.25) is 11.3 Å². The van der Waals surface area contributed by atoms with E-state index in [-0.39, 0.29) is 11.6 Å². The molecule has 3 nitrogen and oxygen atoms in total. The van der Waals surface area contributed by atoms with Gasteiger partial charge < -0.3 is 4.74 Å². The number of methoxy groups -OCH3 is 1. The summed E-state index contributed by atoms with van der Waals surface area (Å²) in [6.45, 7) is 4.48. The van der Waals surface area contributed by atoms with E-state index in [0.29, 0.717) is 5.92 Å². The Kier molecular flexibility index (Phi) is 5.19. The maximum absolute atomic E-state index is 5.97. The van der Waals surface area contributed by atoms with Gasteiger partial charge in [0.1, 0.15) is 0 Å². The van der Waals surface area contributed by atoms with Crippen molar-refractivity contribution in [3.8, 4) is 0 Å². The van der Waals surface area contributed by atoms with Gasteiger partial charge in [-0.25, -0.2) is 0 Å². The minimum atomic E-state index is -0.180. The van der Waals surface area contributed by atoms with Crippen LogP contribution in [-0.4, -0.2) is 12.7 Å². The third kappa shape index (κ3) is 3.05. The highest BCUT2D eigenvalue weighted by Crippen LogP contribution is 2.42. The van der Waals surface area contributed by atoms with Gasteiger partial charge in [-0.1, -0.05) is 51.0 Å². The van der Waals surface area contributed by atoms with E-state index >= 15 is 0 Å². The molecule has 3 N–H and O–H groups in total. The van der Waals surface area contributed by atoms with Gasteiger partial charge in [0.05, 0.1) is 11.6 Å². The number of aryl methyl sites for hydroxylation is 1. The Labute approximate surface area is 122 Å². The number of nitrogens with two attached hydrogens (primary N) is 1. The molecule has 0 saturated heterocycles. The Morgan fingerprint density at radius 3 is 2.60 bits per heavy atom. The molecule has 0 amide bonds. The summed E-state index contributed by atoms with van der Waals surface area (Å²) < 4.78 is 5.97. The van der Waals surface area contributed by atoms with Gasteiger partial charge in [-0.15, -0.1) is 0 Å². The van der Waals surface area contributed by atoms with E-state index in [9.17, 15) is 0 Å². The predicted octanol–water partition coefficient (Wildman–Crippen LogP) is 3.35. The number of hydrazine groups is 1. The molecule has 2 rings (SSSR count). The summed E-state index contributed by atoms with van der Waals surface area (Å²) >= 11 is 0. The van der Waals surface area contributed by atoms with Crippen molar-refractivity contribution in [2.24, 2.45) is 11.8 Å². The summed E-state index contributed by atoms with van der Waals surface area (Å²) in [7, 11) is 1.82. The van der Waals surface area contributed by atoms with Crippen LogP contribution in [0.25, 0.3) is 0 Å². The minimum Gasteiger partial charge on any atom is -0.376 e. The summed E-state index contributed by atoms with van der Waals surface area (Å²) in [4.78, 5) is 0. The molecule has 1 aliphatic rings. The first-order valence-corrected chi connectivity index (χ1v) is 7.75. The van der Waals surface area contributed by atoms with Crippen molar-refractivity contribution in [2.45, 2.75) is 57.6 Å². The van der Waals surface area contributed by atoms with Crippen molar-refractivity contribution in [2.75, 3.05) is 7.11 Å². The average Bonchev–Trinajstić information content (AvgIpc) is 2.48. The van der Waals surface area contributed by atoms with Gasteiger partial charge in [0.2, 0.25) is 0 Å². The second-order valence-electron chi connectivity index (χ2n) is 6.17. The summed E-state index contributed by atoms with van der Waals surface area (Å²) in [5, 5.41) is 0. The number of rotatable bonds is 5. The molecule has 0 aromatic heterocycles. The smallest absolute Gasteiger partial charge is 0.0888 e. The lowest BCUT2D eigenvalue weighted by atomic mass is 9.73. The Balaban J connectivity index is 2.28. The Morgan fingerprint density at radius 2 is 2.10 bits per heavy atom. The van der Waals surface area contributed by atoms with Gasteiger partial charge in [0, 0.05) is 7.11 Å². The van der Waals surface area contributed by atoms with E-state index in [1.807, 2.05) is 7.11 Å². The second kappa shape index (κ2) is 6.70. The lowest BCUT2D eigenvalue weighted by molar-refractivity contribution is -0.0806. The van der Waals surface area contributed by atoms with Crippen LogP contribution >= 0.6 is 0 Å². The molecule has 1 aromatic rings. The number of hydrogen-bond donors (Lipinski definition) is 2. The summed E-state index contributed by atoms with van der Waals surface area (Å²) in [6, 6.07) is 8.80. The molecule has 3 unspecified atom stereocenters. The van der Waals surface area contributed by atoms with E-state index in [4.69, 9.17) is 10.6 Å². The van der Waals surface area contributed by atoms with Crippen LogP contribution in [0.2, 0.25) is 0 Å². The van der Waals surface area contributed by atoms with Crippen molar-refractivity contribution in [1.82, 2.24) is 5.43 Å². The predicted molar refractivity (Wildman–Crippen MR) is 83.3 cm³/mol. The first-order valence-electron chi connectivity index (χ1n) is 7.75. The maximum atomic E-state index is 5.97. The lowest BCUT2D eigenvalue weighted by Gasteiger charge is -2.44. The van der Waals surface area contributed by atoms with E-state index in [2.05, 4.69) is 43.5 Å². The summed E-state index contributed by atoms with van der Waals surface area (Å²) in [5.74, 6) is 6.57. The monoisotopic (exact) mass is 276 g/mol. The van der Waals surface area contributed by atoms with Crippen molar-refractivity contribution in [3.05, 3.63) is 35.4 Å². The summed E-state index contributed by atoms with van der Waals surface area (Å²) in [5.41, 5.74) is 5.41. The maximum Gasteiger partial charge on any atom is 0.0888 e. The van der Waals surface area contributed by atoms with Gasteiger partial charge >= 0.3 is 0 Å². The van der Waals surface area contributed by atoms with Gasteiger partial charge in [-0.2, -0.15) is 0 Å². The van der Waals surface area contributed by atoms with Crippen LogP contribution in [0.3, 0.4) is 0 Å². The molecule has 0 bridgehead atoms. The lowest BCUT2D eigenvalue weighted by Crippen LogP contribution is -2.50. The van der Waals surface area contributed by atoms with Crippen molar-refractivity contribution < 1.29 is 4.74 Å². The van der Waals surface area contributed by atoms with Crippen LogP contribution in [-0.2, 0) is 11.2 Å². The van der Waals surface area contributed by atoms with E-state index in [0.717, 1.165) is 19.3 Å². The number of benzene rings is 1. The quantitative estimate of drug-likeness (QED) is 0.640. The fraction of sp³-hybridized carbons (Fsp3) is 0.647. The van der Waals surface area contributed by atoms with Crippen LogP contribution in [0.1, 0.15) is 56.7 Å². The Hall–Kier alpha value is -0.900. The van der Waals surface area contributed by atoms with Crippen LogP contribution in [0.4, 0.5) is 0 Å². The fourth-order valence-electron chi connectivity index (χ4n) is 3.61. The molecule has 0 aliphatic heterocycles. The third-order valence-electron chi connectivity index (χ3n) is 4.81. The normalized spacial score (nSPS) is 28.3. The first-order chi connectivity index (χ1) is 9.65. The molecule has 3 atom stereocenters. The highest BCUT2D eigenvalue weighted by Gasteiger charge is 2.42. The highest BCUT2D eigenvalue weighted by atomic mass is 16.5. The number of ether oxygens (including phenoxy) is 1. The molecule has 20 heavy (non-hydrogen) atoms. The van der Waals surface area contributed by atoms with Crippen LogP contribution in [0.15, 0.2) is 24.3 Å². The molecule has 0 radical (unpaired) electrons. The Bertz CT molecular complexity index is 418. The average molecular weight is 276 g/mol. The molecule has 1 aromatic carbocycles. The zero-order valence-electron chi connectivity index (χ0n) is 13.0. The van der Waals surface area contributed by atoms with Crippen molar-refractivity contribution in [3.63, 3.8) is 0 Å². The zero-order chi connectivity index (χ0) is 14.6. The first kappa shape index (κ1) is 15.5. The molecule has 1 aliphatic carbocycles. The topological polar surface area (TPSA) is 47.3 Å². The summed E-state index contributed by atoms with van der Waals surface area (Å²) in [6.07, 6.45) is 5.69. The molecular weight excluding hydrogens is 248 g/mol. The fourth-order valence-corrected chi connectivity index (χ4v) is 3.61. The standard InChI is InChI=1S/C17H28N2O/c1-4-14-7-9-15(10-8-14)16(19-18)17(20-3)11-5-6-13(2)12-17/h7-10,13,16,19H,4-6,11-12,18H2,1-3H3. The molecule has 0 spiro atoms.